The smallest absolute Gasteiger partial charge is 0.177 e. The van der Waals surface area contributed by atoms with Crippen LogP contribution in [0.5, 0.6) is 0 Å². The van der Waals surface area contributed by atoms with Gasteiger partial charge in [0.1, 0.15) is 11.6 Å². The summed E-state index contributed by atoms with van der Waals surface area (Å²) in [5.41, 5.74) is 0.836. The van der Waals surface area contributed by atoms with E-state index in [2.05, 4.69) is 0 Å². The van der Waals surface area contributed by atoms with Crippen molar-refractivity contribution >= 4 is 15.6 Å². The maximum atomic E-state index is 12.7. The van der Waals surface area contributed by atoms with Crippen molar-refractivity contribution in [2.24, 2.45) is 0 Å². The summed E-state index contributed by atoms with van der Waals surface area (Å²) in [7, 11) is -3.57. The normalized spacial score (nSPS) is 11.2. The summed E-state index contributed by atoms with van der Waals surface area (Å²) in [6, 6.07) is 13.5. The Labute approximate surface area is 117 Å². The van der Waals surface area contributed by atoms with Gasteiger partial charge in [0.2, 0.25) is 0 Å². The highest BCUT2D eigenvalue weighted by atomic mass is 32.2. The van der Waals surface area contributed by atoms with Crippen LogP contribution in [0.4, 0.5) is 4.39 Å². The highest BCUT2D eigenvalue weighted by molar-refractivity contribution is 7.91. The Morgan fingerprint density at radius 2 is 1.55 bits per heavy atom. The van der Waals surface area contributed by atoms with Crippen molar-refractivity contribution in [3.05, 3.63) is 71.5 Å². The Kier molecular flexibility index (Phi) is 4.29. The molecule has 0 heterocycles. The molecule has 2 aromatic carbocycles. The van der Waals surface area contributed by atoms with Crippen molar-refractivity contribution < 1.29 is 17.6 Å². The predicted molar refractivity (Wildman–Crippen MR) is 74.7 cm³/mol. The summed E-state index contributed by atoms with van der Waals surface area (Å²) < 4.78 is 36.7. The lowest BCUT2D eigenvalue weighted by molar-refractivity contribution is 0.102. The number of hydrogen-bond acceptors (Lipinski definition) is 3. The molecule has 104 valence electrons. The fourth-order valence-corrected chi connectivity index (χ4v) is 3.16. The molecule has 0 radical (unpaired) electrons. The molecule has 0 bridgehead atoms. The van der Waals surface area contributed by atoms with Crippen LogP contribution in [0.2, 0.25) is 0 Å². The third-order valence-corrected chi connectivity index (χ3v) is 4.22. The van der Waals surface area contributed by atoms with E-state index >= 15 is 0 Å². The topological polar surface area (TPSA) is 51.2 Å². The number of carbonyl (C=O) groups is 1. The molecule has 3 nitrogen and oxygen atoms in total. The molecule has 0 aliphatic heterocycles. The van der Waals surface area contributed by atoms with Crippen LogP contribution in [-0.4, -0.2) is 20.0 Å². The molecule has 0 spiro atoms. The second-order valence-electron chi connectivity index (χ2n) is 4.45. The fourth-order valence-electron chi connectivity index (χ4n) is 1.79. The van der Waals surface area contributed by atoms with Gasteiger partial charge in [-0.25, -0.2) is 12.8 Å². The van der Waals surface area contributed by atoms with Crippen molar-refractivity contribution in [1.29, 1.82) is 0 Å². The molecule has 0 saturated carbocycles. The van der Waals surface area contributed by atoms with Gasteiger partial charge in [-0.2, -0.15) is 0 Å². The minimum Gasteiger partial charge on any atom is -0.293 e. The average molecular weight is 292 g/mol. The first-order valence-corrected chi connectivity index (χ1v) is 7.81. The quantitative estimate of drug-likeness (QED) is 0.796. The van der Waals surface area contributed by atoms with E-state index in [-0.39, 0.29) is 5.75 Å². The molecule has 0 N–H and O–H groups in total. The number of Topliss-reactive ketones (excluding diaryl/α,β-unsaturated/α-hetero) is 1. The zero-order valence-electron chi connectivity index (χ0n) is 10.6. The van der Waals surface area contributed by atoms with Crippen LogP contribution in [-0.2, 0) is 15.6 Å². The van der Waals surface area contributed by atoms with Crippen LogP contribution >= 0.6 is 0 Å². The van der Waals surface area contributed by atoms with E-state index in [1.54, 1.807) is 30.3 Å². The number of ketones is 1. The summed E-state index contributed by atoms with van der Waals surface area (Å²) in [6.45, 7) is 0. The first-order valence-electron chi connectivity index (χ1n) is 5.99. The number of hydrogen-bond donors (Lipinski definition) is 0. The zero-order chi connectivity index (χ0) is 14.6. The Bertz CT molecular complexity index is 692. The molecule has 0 fully saturated rings. The second-order valence-corrected chi connectivity index (χ2v) is 6.51. The molecule has 0 aliphatic rings. The Balaban J connectivity index is 2.08. The van der Waals surface area contributed by atoms with Crippen molar-refractivity contribution in [3.63, 3.8) is 0 Å². The molecule has 0 saturated heterocycles. The molecule has 20 heavy (non-hydrogen) atoms. The van der Waals surface area contributed by atoms with Gasteiger partial charge < -0.3 is 0 Å². The first-order chi connectivity index (χ1) is 9.46. The number of benzene rings is 2. The van der Waals surface area contributed by atoms with Crippen LogP contribution in [0.25, 0.3) is 0 Å². The molecule has 2 aromatic rings. The van der Waals surface area contributed by atoms with E-state index < -0.39 is 27.2 Å². The maximum Gasteiger partial charge on any atom is 0.177 e. The van der Waals surface area contributed by atoms with Gasteiger partial charge in [0.05, 0.1) is 5.75 Å². The molecule has 0 aliphatic carbocycles. The van der Waals surface area contributed by atoms with E-state index in [1.165, 1.54) is 24.3 Å². The molecule has 0 atom stereocenters. The lowest BCUT2D eigenvalue weighted by Gasteiger charge is -2.04. The Hall–Kier alpha value is -2.01. The Morgan fingerprint density at radius 1 is 0.950 bits per heavy atom. The summed E-state index contributed by atoms with van der Waals surface area (Å²) in [6.07, 6.45) is 0. The highest BCUT2D eigenvalue weighted by Gasteiger charge is 2.18. The van der Waals surface area contributed by atoms with Gasteiger partial charge in [0, 0.05) is 5.56 Å². The molecular formula is C15H13FO3S. The summed E-state index contributed by atoms with van der Waals surface area (Å²) >= 11 is 0. The largest absolute Gasteiger partial charge is 0.293 e. The summed E-state index contributed by atoms with van der Waals surface area (Å²) in [5, 5.41) is 0. The van der Waals surface area contributed by atoms with E-state index in [1.807, 2.05) is 0 Å². The van der Waals surface area contributed by atoms with Gasteiger partial charge in [-0.15, -0.1) is 0 Å². The maximum absolute atomic E-state index is 12.7. The van der Waals surface area contributed by atoms with E-state index in [9.17, 15) is 17.6 Å². The van der Waals surface area contributed by atoms with Gasteiger partial charge in [-0.1, -0.05) is 42.5 Å². The number of sulfone groups is 1. The Morgan fingerprint density at radius 3 is 2.15 bits per heavy atom. The van der Waals surface area contributed by atoms with Crippen molar-refractivity contribution in [2.45, 2.75) is 5.75 Å². The number of halogens is 1. The zero-order valence-corrected chi connectivity index (χ0v) is 11.4. The van der Waals surface area contributed by atoms with Gasteiger partial charge >= 0.3 is 0 Å². The molecule has 0 aromatic heterocycles. The molecule has 0 amide bonds. The van der Waals surface area contributed by atoms with Crippen molar-refractivity contribution in [1.82, 2.24) is 0 Å². The highest BCUT2D eigenvalue weighted by Crippen LogP contribution is 2.10. The number of carbonyl (C=O) groups excluding carboxylic acids is 1. The van der Waals surface area contributed by atoms with Gasteiger partial charge in [0.15, 0.2) is 15.6 Å². The van der Waals surface area contributed by atoms with Crippen LogP contribution in [0.3, 0.4) is 0 Å². The lowest BCUT2D eigenvalue weighted by atomic mass is 10.2. The van der Waals surface area contributed by atoms with Crippen LogP contribution < -0.4 is 0 Å². The fraction of sp³-hybridized carbons (Fsp3) is 0.133. The monoisotopic (exact) mass is 292 g/mol. The van der Waals surface area contributed by atoms with Gasteiger partial charge in [-0.3, -0.25) is 4.79 Å². The standard InChI is InChI=1S/C15H13FO3S/c16-14-8-6-12(7-9-14)10-20(18,19)11-15(17)13-4-2-1-3-5-13/h1-9H,10-11H2. The van der Waals surface area contributed by atoms with Crippen molar-refractivity contribution in [3.8, 4) is 0 Å². The van der Waals surface area contributed by atoms with Crippen LogP contribution in [0, 0.1) is 5.82 Å². The molecule has 5 heteroatoms. The molecular weight excluding hydrogens is 279 g/mol. The number of rotatable bonds is 5. The predicted octanol–water partition coefficient (Wildman–Crippen LogP) is 2.62. The summed E-state index contributed by atoms with van der Waals surface area (Å²) in [4.78, 5) is 11.9. The SMILES string of the molecule is O=C(CS(=O)(=O)Cc1ccc(F)cc1)c1ccccc1. The van der Waals surface area contributed by atoms with E-state index in [0.717, 1.165) is 0 Å². The lowest BCUT2D eigenvalue weighted by Crippen LogP contribution is -2.17. The first kappa shape index (κ1) is 14.4. The van der Waals surface area contributed by atoms with Crippen LogP contribution in [0.1, 0.15) is 15.9 Å². The molecule has 2 rings (SSSR count). The second kappa shape index (κ2) is 5.96. The summed E-state index contributed by atoms with van der Waals surface area (Å²) in [5.74, 6) is -1.68. The minimum atomic E-state index is -3.57. The third kappa shape index (κ3) is 3.99. The minimum absolute atomic E-state index is 0.272. The average Bonchev–Trinajstić information content (AvgIpc) is 2.41. The molecule has 0 unspecified atom stereocenters. The van der Waals surface area contributed by atoms with Crippen LogP contribution in [0.15, 0.2) is 54.6 Å². The van der Waals surface area contributed by atoms with Crippen molar-refractivity contribution in [2.75, 3.05) is 5.75 Å². The third-order valence-electron chi connectivity index (χ3n) is 2.75. The van der Waals surface area contributed by atoms with E-state index in [0.29, 0.717) is 11.1 Å². The van der Waals surface area contributed by atoms with Gasteiger partial charge in [0.25, 0.3) is 0 Å². The van der Waals surface area contributed by atoms with Gasteiger partial charge in [-0.05, 0) is 17.7 Å². The van der Waals surface area contributed by atoms with E-state index in [4.69, 9.17) is 0 Å².